The first kappa shape index (κ1) is 16.7. The second-order valence-corrected chi connectivity index (χ2v) is 6.01. The molecule has 23 heavy (non-hydrogen) atoms. The van der Waals surface area contributed by atoms with Gasteiger partial charge in [0, 0.05) is 17.1 Å². The van der Waals surface area contributed by atoms with Crippen molar-refractivity contribution in [3.63, 3.8) is 0 Å². The van der Waals surface area contributed by atoms with E-state index in [-0.39, 0.29) is 17.1 Å². The number of carbonyl (C=O) groups is 2. The molecule has 0 aromatic carbocycles. The van der Waals surface area contributed by atoms with Gasteiger partial charge in [-0.2, -0.15) is 0 Å². The number of thiophene rings is 1. The number of carboxylic acid groups (broad SMARTS) is 1. The molecule has 2 aromatic rings. The summed E-state index contributed by atoms with van der Waals surface area (Å²) in [5, 5.41) is 12.1. The molecule has 0 bridgehead atoms. The lowest BCUT2D eigenvalue weighted by atomic mass is 10.1. The fourth-order valence-electron chi connectivity index (χ4n) is 2.21. The standard InChI is InChI=1S/C14H15N3O5S/c1-3-8-7(2)23-12(11(8)13(20)21)15-10(19)6-17-5-4-9(18)16-14(17)22/h4-5H,3,6H2,1-2H3,(H,15,19)(H,20,21)(H,16,18,22). The van der Waals surface area contributed by atoms with Crippen LogP contribution in [0.4, 0.5) is 5.00 Å². The quantitative estimate of drug-likeness (QED) is 0.745. The summed E-state index contributed by atoms with van der Waals surface area (Å²) in [6, 6.07) is 1.13. The first-order valence-corrected chi connectivity index (χ1v) is 7.60. The third kappa shape index (κ3) is 3.57. The van der Waals surface area contributed by atoms with Crippen LogP contribution in [0.15, 0.2) is 21.9 Å². The van der Waals surface area contributed by atoms with Crippen LogP contribution in [0.5, 0.6) is 0 Å². The highest BCUT2D eigenvalue weighted by molar-refractivity contribution is 7.16. The first-order valence-electron chi connectivity index (χ1n) is 6.78. The van der Waals surface area contributed by atoms with Gasteiger partial charge in [0.05, 0.1) is 5.56 Å². The van der Waals surface area contributed by atoms with E-state index in [1.54, 1.807) is 6.92 Å². The Morgan fingerprint density at radius 1 is 1.39 bits per heavy atom. The highest BCUT2D eigenvalue weighted by Crippen LogP contribution is 2.33. The topological polar surface area (TPSA) is 121 Å². The number of nitrogens with zero attached hydrogens (tertiary/aromatic N) is 1. The second kappa shape index (κ2) is 6.61. The number of hydrogen-bond acceptors (Lipinski definition) is 5. The van der Waals surface area contributed by atoms with Crippen LogP contribution in [-0.4, -0.2) is 26.5 Å². The highest BCUT2D eigenvalue weighted by atomic mass is 32.1. The normalized spacial score (nSPS) is 10.5. The number of hydrogen-bond donors (Lipinski definition) is 3. The van der Waals surface area contributed by atoms with Gasteiger partial charge in [-0.1, -0.05) is 6.92 Å². The largest absolute Gasteiger partial charge is 0.478 e. The molecule has 0 unspecified atom stereocenters. The van der Waals surface area contributed by atoms with Gasteiger partial charge in [-0.3, -0.25) is 19.1 Å². The molecule has 9 heteroatoms. The van der Waals surface area contributed by atoms with Crippen molar-refractivity contribution in [2.24, 2.45) is 0 Å². The van der Waals surface area contributed by atoms with Crippen LogP contribution in [0.25, 0.3) is 0 Å². The molecular weight excluding hydrogens is 322 g/mol. The molecule has 0 saturated heterocycles. The van der Waals surface area contributed by atoms with E-state index in [2.05, 4.69) is 5.32 Å². The average molecular weight is 337 g/mol. The summed E-state index contributed by atoms with van der Waals surface area (Å²) in [5.74, 6) is -1.66. The second-order valence-electron chi connectivity index (χ2n) is 4.79. The third-order valence-electron chi connectivity index (χ3n) is 3.24. The zero-order chi connectivity index (χ0) is 17.1. The lowest BCUT2D eigenvalue weighted by molar-refractivity contribution is -0.116. The van der Waals surface area contributed by atoms with Crippen LogP contribution in [-0.2, 0) is 17.8 Å². The minimum atomic E-state index is -1.11. The van der Waals surface area contributed by atoms with Gasteiger partial charge in [-0.25, -0.2) is 9.59 Å². The fourth-order valence-corrected chi connectivity index (χ4v) is 3.36. The molecule has 0 spiro atoms. The van der Waals surface area contributed by atoms with Crippen molar-refractivity contribution in [1.82, 2.24) is 9.55 Å². The van der Waals surface area contributed by atoms with Crippen LogP contribution >= 0.6 is 11.3 Å². The van der Waals surface area contributed by atoms with Crippen molar-refractivity contribution in [2.45, 2.75) is 26.8 Å². The monoisotopic (exact) mass is 337 g/mol. The molecule has 0 aliphatic carbocycles. The lowest BCUT2D eigenvalue weighted by Crippen LogP contribution is -2.32. The van der Waals surface area contributed by atoms with Gasteiger partial charge in [0.1, 0.15) is 11.5 Å². The van der Waals surface area contributed by atoms with E-state index in [1.165, 1.54) is 17.5 Å². The Bertz CT molecular complexity index is 877. The molecule has 2 rings (SSSR count). The number of amides is 1. The Morgan fingerprint density at radius 3 is 2.65 bits per heavy atom. The SMILES string of the molecule is CCc1c(C)sc(NC(=O)Cn2ccc(=O)[nH]c2=O)c1C(=O)O. The number of nitrogens with one attached hydrogen (secondary N) is 2. The number of carbonyl (C=O) groups excluding carboxylic acids is 1. The summed E-state index contributed by atoms with van der Waals surface area (Å²) in [4.78, 5) is 48.8. The summed E-state index contributed by atoms with van der Waals surface area (Å²) in [6.45, 7) is 3.30. The minimum absolute atomic E-state index is 0.0807. The van der Waals surface area contributed by atoms with Gasteiger partial charge < -0.3 is 10.4 Å². The fraction of sp³-hybridized carbons (Fsp3) is 0.286. The third-order valence-corrected chi connectivity index (χ3v) is 4.30. The molecule has 8 nitrogen and oxygen atoms in total. The van der Waals surface area contributed by atoms with E-state index in [9.17, 15) is 24.3 Å². The zero-order valence-corrected chi connectivity index (χ0v) is 13.3. The van der Waals surface area contributed by atoms with Gasteiger partial charge in [0.15, 0.2) is 0 Å². The molecule has 2 heterocycles. The molecule has 1 amide bonds. The first-order chi connectivity index (χ1) is 10.8. The van der Waals surface area contributed by atoms with E-state index < -0.39 is 23.1 Å². The summed E-state index contributed by atoms with van der Waals surface area (Å²) in [6.07, 6.45) is 1.75. The van der Waals surface area contributed by atoms with Crippen molar-refractivity contribution in [2.75, 3.05) is 5.32 Å². The van der Waals surface area contributed by atoms with Crippen LogP contribution in [0.1, 0.15) is 27.7 Å². The van der Waals surface area contributed by atoms with E-state index in [4.69, 9.17) is 0 Å². The maximum atomic E-state index is 12.1. The molecular formula is C14H15N3O5S. The Morgan fingerprint density at radius 2 is 2.09 bits per heavy atom. The van der Waals surface area contributed by atoms with Crippen molar-refractivity contribution in [3.05, 3.63) is 49.1 Å². The predicted molar refractivity (Wildman–Crippen MR) is 85.3 cm³/mol. The van der Waals surface area contributed by atoms with E-state index in [0.717, 1.165) is 15.5 Å². The van der Waals surface area contributed by atoms with Crippen LogP contribution in [0, 0.1) is 6.92 Å². The molecule has 0 aliphatic heterocycles. The number of rotatable bonds is 5. The van der Waals surface area contributed by atoms with Crippen molar-refractivity contribution in [3.8, 4) is 0 Å². The van der Waals surface area contributed by atoms with Gasteiger partial charge in [0.25, 0.3) is 5.56 Å². The smallest absolute Gasteiger partial charge is 0.339 e. The maximum Gasteiger partial charge on any atom is 0.339 e. The Hall–Kier alpha value is -2.68. The highest BCUT2D eigenvalue weighted by Gasteiger charge is 2.21. The zero-order valence-electron chi connectivity index (χ0n) is 12.5. The number of aromatic carboxylic acids is 1. The molecule has 0 fully saturated rings. The predicted octanol–water partition coefficient (Wildman–Crippen LogP) is 0.806. The van der Waals surface area contributed by atoms with Gasteiger partial charge in [-0.15, -0.1) is 11.3 Å². The molecule has 0 radical (unpaired) electrons. The molecule has 2 aromatic heterocycles. The maximum absolute atomic E-state index is 12.1. The van der Waals surface area contributed by atoms with Gasteiger partial charge in [0.2, 0.25) is 5.91 Å². The van der Waals surface area contributed by atoms with E-state index in [0.29, 0.717) is 12.0 Å². The van der Waals surface area contributed by atoms with Crippen molar-refractivity contribution < 1.29 is 14.7 Å². The number of carboxylic acids is 1. The number of aryl methyl sites for hydroxylation is 1. The van der Waals surface area contributed by atoms with Crippen LogP contribution in [0.3, 0.4) is 0 Å². The Kier molecular flexibility index (Phi) is 4.80. The summed E-state index contributed by atoms with van der Waals surface area (Å²) >= 11 is 1.18. The number of anilines is 1. The summed E-state index contributed by atoms with van der Waals surface area (Å²) < 4.78 is 1.03. The number of H-pyrrole nitrogens is 1. The van der Waals surface area contributed by atoms with Crippen LogP contribution < -0.4 is 16.6 Å². The molecule has 0 saturated carbocycles. The summed E-state index contributed by atoms with van der Waals surface area (Å²) in [5.41, 5.74) is -0.500. The number of aromatic amines is 1. The van der Waals surface area contributed by atoms with E-state index in [1.807, 2.05) is 11.9 Å². The van der Waals surface area contributed by atoms with Crippen molar-refractivity contribution >= 4 is 28.2 Å². The molecule has 0 aliphatic rings. The minimum Gasteiger partial charge on any atom is -0.478 e. The molecule has 0 atom stereocenters. The number of aromatic nitrogens is 2. The molecule has 3 N–H and O–H groups in total. The molecule has 122 valence electrons. The van der Waals surface area contributed by atoms with E-state index >= 15 is 0 Å². The Labute approximate surface area is 134 Å². The van der Waals surface area contributed by atoms with Gasteiger partial charge >= 0.3 is 11.7 Å². The van der Waals surface area contributed by atoms with Crippen molar-refractivity contribution in [1.29, 1.82) is 0 Å². The van der Waals surface area contributed by atoms with Gasteiger partial charge in [-0.05, 0) is 18.9 Å². The van der Waals surface area contributed by atoms with Crippen LogP contribution in [0.2, 0.25) is 0 Å². The lowest BCUT2D eigenvalue weighted by Gasteiger charge is -2.06. The summed E-state index contributed by atoms with van der Waals surface area (Å²) in [7, 11) is 0. The Balaban J connectivity index is 2.25. The average Bonchev–Trinajstić information content (AvgIpc) is 2.77.